The molecular formula is C26H19NO7. The van der Waals surface area contributed by atoms with Crippen LogP contribution >= 0.6 is 0 Å². The second-order valence-electron chi connectivity index (χ2n) is 7.96. The summed E-state index contributed by atoms with van der Waals surface area (Å²) in [4.78, 5) is 26.6. The van der Waals surface area contributed by atoms with E-state index in [1.807, 2.05) is 24.3 Å². The summed E-state index contributed by atoms with van der Waals surface area (Å²) < 4.78 is 28.4. The summed E-state index contributed by atoms with van der Waals surface area (Å²) >= 11 is 0. The van der Waals surface area contributed by atoms with Crippen molar-refractivity contribution in [2.45, 2.75) is 12.0 Å². The number of ether oxygens (including phenoxy) is 4. The molecule has 0 saturated heterocycles. The van der Waals surface area contributed by atoms with Gasteiger partial charge in [0.2, 0.25) is 12.5 Å². The fourth-order valence-electron chi connectivity index (χ4n) is 4.49. The summed E-state index contributed by atoms with van der Waals surface area (Å²) in [5.41, 5.74) is 1.32. The number of amides is 1. The Kier molecular flexibility index (Phi) is 4.65. The number of hydrogen-bond donors (Lipinski definition) is 1. The molecular weight excluding hydrogens is 438 g/mol. The van der Waals surface area contributed by atoms with Crippen molar-refractivity contribution in [1.82, 2.24) is 0 Å². The summed E-state index contributed by atoms with van der Waals surface area (Å²) in [6.45, 7) is 0.0532. The Labute approximate surface area is 193 Å². The van der Waals surface area contributed by atoms with Gasteiger partial charge in [0.05, 0.1) is 24.0 Å². The van der Waals surface area contributed by atoms with Gasteiger partial charge >= 0.3 is 5.63 Å². The number of carbonyl (C=O) groups excluding carboxylic acids is 1. The van der Waals surface area contributed by atoms with Crippen LogP contribution < -0.4 is 29.9 Å². The molecule has 0 spiro atoms. The highest BCUT2D eigenvalue weighted by Gasteiger charge is 2.45. The lowest BCUT2D eigenvalue weighted by molar-refractivity contribution is -0.122. The molecule has 2 aliphatic rings. The van der Waals surface area contributed by atoms with E-state index in [2.05, 4.69) is 5.32 Å². The summed E-state index contributed by atoms with van der Waals surface area (Å²) in [6, 6.07) is 19.6. The van der Waals surface area contributed by atoms with Gasteiger partial charge in [-0.2, -0.15) is 0 Å². The number of fused-ring (bicyclic) bond motifs is 4. The van der Waals surface area contributed by atoms with Gasteiger partial charge in [-0.1, -0.05) is 30.3 Å². The van der Waals surface area contributed by atoms with Crippen LogP contribution in [0.2, 0.25) is 0 Å². The van der Waals surface area contributed by atoms with Crippen LogP contribution in [0.3, 0.4) is 0 Å². The number of methoxy groups -OCH3 is 1. The van der Waals surface area contributed by atoms with Gasteiger partial charge in [0.25, 0.3) is 5.91 Å². The smallest absolute Gasteiger partial charge is 0.344 e. The highest BCUT2D eigenvalue weighted by Crippen LogP contribution is 2.49. The third-order valence-electron chi connectivity index (χ3n) is 6.00. The predicted molar refractivity (Wildman–Crippen MR) is 123 cm³/mol. The molecule has 2 aliphatic heterocycles. The zero-order valence-corrected chi connectivity index (χ0v) is 18.1. The van der Waals surface area contributed by atoms with E-state index in [-0.39, 0.29) is 12.4 Å². The summed E-state index contributed by atoms with van der Waals surface area (Å²) in [7, 11) is 1.52. The molecule has 3 heterocycles. The van der Waals surface area contributed by atoms with E-state index in [0.29, 0.717) is 45.2 Å². The quantitative estimate of drug-likeness (QED) is 0.462. The third kappa shape index (κ3) is 3.14. The van der Waals surface area contributed by atoms with Gasteiger partial charge in [0.15, 0.2) is 17.6 Å². The number of rotatable bonds is 4. The van der Waals surface area contributed by atoms with Gasteiger partial charge in [-0.05, 0) is 42.0 Å². The first-order chi connectivity index (χ1) is 16.6. The molecule has 34 heavy (non-hydrogen) atoms. The Morgan fingerprint density at radius 3 is 2.62 bits per heavy atom. The molecule has 1 aromatic heterocycles. The first-order valence-corrected chi connectivity index (χ1v) is 10.7. The molecule has 8 nitrogen and oxygen atoms in total. The lowest BCUT2D eigenvalue weighted by atomic mass is 9.87. The molecule has 6 rings (SSSR count). The van der Waals surface area contributed by atoms with Crippen molar-refractivity contribution in [3.63, 3.8) is 0 Å². The molecule has 0 aliphatic carbocycles. The number of benzene rings is 3. The summed E-state index contributed by atoms with van der Waals surface area (Å²) in [5.74, 6) is 0.555. The Balaban J connectivity index is 1.53. The number of carbonyl (C=O) groups is 1. The molecule has 4 aromatic rings. The molecule has 0 saturated carbocycles. The average molecular weight is 457 g/mol. The van der Waals surface area contributed by atoms with E-state index >= 15 is 0 Å². The first-order valence-electron chi connectivity index (χ1n) is 10.7. The average Bonchev–Trinajstić information content (AvgIpc) is 3.50. The van der Waals surface area contributed by atoms with E-state index < -0.39 is 23.6 Å². The minimum absolute atomic E-state index is 0.0532. The molecule has 1 amide bonds. The maximum Gasteiger partial charge on any atom is 0.344 e. The van der Waals surface area contributed by atoms with Crippen LogP contribution in [0, 0.1) is 0 Å². The van der Waals surface area contributed by atoms with Gasteiger partial charge in [-0.3, -0.25) is 4.79 Å². The van der Waals surface area contributed by atoms with Gasteiger partial charge in [0, 0.05) is 5.69 Å². The van der Waals surface area contributed by atoms with Gasteiger partial charge in [-0.15, -0.1) is 0 Å². The van der Waals surface area contributed by atoms with Crippen molar-refractivity contribution in [1.29, 1.82) is 0 Å². The van der Waals surface area contributed by atoms with Crippen LogP contribution in [0.15, 0.2) is 75.9 Å². The lowest BCUT2D eigenvalue weighted by Crippen LogP contribution is -2.35. The second kappa shape index (κ2) is 7.84. The van der Waals surface area contributed by atoms with Crippen molar-refractivity contribution in [3.05, 3.63) is 88.3 Å². The fourth-order valence-corrected chi connectivity index (χ4v) is 4.49. The zero-order chi connectivity index (χ0) is 23.2. The minimum Gasteiger partial charge on any atom is -0.493 e. The first kappa shape index (κ1) is 20.2. The highest BCUT2D eigenvalue weighted by atomic mass is 16.7. The molecule has 1 N–H and O–H groups in total. The number of nitrogens with one attached hydrogen (secondary N) is 1. The fraction of sp³-hybridized carbons (Fsp3) is 0.154. The molecule has 0 unspecified atom stereocenters. The third-order valence-corrected chi connectivity index (χ3v) is 6.00. The van der Waals surface area contributed by atoms with Crippen LogP contribution in [-0.4, -0.2) is 25.9 Å². The van der Waals surface area contributed by atoms with Crippen molar-refractivity contribution in [2.24, 2.45) is 0 Å². The van der Waals surface area contributed by atoms with Crippen LogP contribution in [0.4, 0.5) is 5.69 Å². The molecule has 0 radical (unpaired) electrons. The van der Waals surface area contributed by atoms with Gasteiger partial charge in [0.1, 0.15) is 11.3 Å². The molecule has 3 aromatic carbocycles. The van der Waals surface area contributed by atoms with Crippen molar-refractivity contribution >= 4 is 22.6 Å². The molecule has 170 valence electrons. The van der Waals surface area contributed by atoms with E-state index in [4.69, 9.17) is 23.4 Å². The standard InChI is InChI=1S/C26H19NO7/c1-30-18-11-14(12-19-23(18)32-13-31-19)20-21-22(16-9-5-6-10-17(16)33-26(21)29)34-24(20)25(28)27-15-7-3-2-4-8-15/h2-12,20,24H,13H2,1H3,(H,27,28)/t20-,24+/m0/s1. The second-order valence-corrected chi connectivity index (χ2v) is 7.96. The molecule has 0 fully saturated rings. The monoisotopic (exact) mass is 457 g/mol. The largest absolute Gasteiger partial charge is 0.493 e. The van der Waals surface area contributed by atoms with Gasteiger partial charge in [-0.25, -0.2) is 4.79 Å². The van der Waals surface area contributed by atoms with Crippen LogP contribution in [0.5, 0.6) is 23.0 Å². The Morgan fingerprint density at radius 1 is 1.00 bits per heavy atom. The Hall–Kier alpha value is -4.46. The lowest BCUT2D eigenvalue weighted by Gasteiger charge is -2.20. The summed E-state index contributed by atoms with van der Waals surface area (Å²) in [6.07, 6.45) is -1.03. The molecule has 0 bridgehead atoms. The Morgan fingerprint density at radius 2 is 1.79 bits per heavy atom. The van der Waals surface area contributed by atoms with E-state index in [9.17, 15) is 9.59 Å². The molecule has 2 atom stereocenters. The van der Waals surface area contributed by atoms with E-state index in [0.717, 1.165) is 0 Å². The zero-order valence-electron chi connectivity index (χ0n) is 18.1. The summed E-state index contributed by atoms with van der Waals surface area (Å²) in [5, 5.41) is 3.50. The maximum absolute atomic E-state index is 13.4. The Bertz CT molecular complexity index is 1480. The van der Waals surface area contributed by atoms with Gasteiger partial charge < -0.3 is 28.7 Å². The topological polar surface area (TPSA) is 96.2 Å². The van der Waals surface area contributed by atoms with Crippen LogP contribution in [0.25, 0.3) is 11.0 Å². The molecule has 8 heteroatoms. The van der Waals surface area contributed by atoms with Crippen LogP contribution in [-0.2, 0) is 4.79 Å². The van der Waals surface area contributed by atoms with Crippen molar-refractivity contribution in [2.75, 3.05) is 19.2 Å². The highest BCUT2D eigenvalue weighted by molar-refractivity contribution is 5.97. The number of hydrogen-bond acceptors (Lipinski definition) is 7. The SMILES string of the molecule is COc1cc([C@H]2c3c(c4ccccc4oc3=O)O[C@H]2C(=O)Nc2ccccc2)cc2c1OCO2. The maximum atomic E-state index is 13.4. The van der Waals surface area contributed by atoms with E-state index in [1.165, 1.54) is 7.11 Å². The van der Waals surface area contributed by atoms with Crippen LogP contribution in [0.1, 0.15) is 17.0 Å². The number of para-hydroxylation sites is 2. The normalized spacial score (nSPS) is 17.8. The van der Waals surface area contributed by atoms with E-state index in [1.54, 1.807) is 42.5 Å². The predicted octanol–water partition coefficient (Wildman–Crippen LogP) is 4.06. The van der Waals surface area contributed by atoms with Crippen molar-refractivity contribution < 1.29 is 28.2 Å². The minimum atomic E-state index is -1.03. The number of anilines is 1. The van der Waals surface area contributed by atoms with Crippen molar-refractivity contribution in [3.8, 4) is 23.0 Å².